The molecule has 0 amide bonds. The Morgan fingerprint density at radius 3 is 1.05 bits per heavy atom. The summed E-state index contributed by atoms with van der Waals surface area (Å²) in [5, 5.41) is 34.3. The maximum Gasteiger partial charge on any atom is 0.335 e. The molecule has 2 aromatic carbocycles. The monoisotopic (exact) mass is 340 g/mol. The quantitative estimate of drug-likeness (QED) is 0.622. The van der Waals surface area contributed by atoms with Crippen LogP contribution in [0.25, 0.3) is 0 Å². The molecule has 2 rings (SSSR count). The van der Waals surface area contributed by atoms with Crippen LogP contribution < -0.4 is 0 Å². The molecule has 106 valence electrons. The van der Waals surface area contributed by atoms with Crippen LogP contribution >= 0.6 is 0 Å². The average Bonchev–Trinajstić information content (AvgIpc) is 2.40. The number of aromatic hydroxyl groups is 2. The summed E-state index contributed by atoms with van der Waals surface area (Å²) in [7, 11) is 0. The summed E-state index contributed by atoms with van der Waals surface area (Å²) in [4.78, 5) is 20.5. The summed E-state index contributed by atoms with van der Waals surface area (Å²) >= 11 is 0. The molecular weight excluding hydrogens is 330 g/mol. The summed E-state index contributed by atoms with van der Waals surface area (Å²) in [5.74, 6) is -1.82. The topological polar surface area (TPSA) is 115 Å². The SMILES string of the molecule is O=C(O)c1ccc(O)cc1.O=C(O)c1ccc(O)cc1.[Zn]. The van der Waals surface area contributed by atoms with E-state index >= 15 is 0 Å². The van der Waals surface area contributed by atoms with Crippen molar-refractivity contribution in [2.75, 3.05) is 0 Å². The molecule has 0 aromatic heterocycles. The van der Waals surface area contributed by atoms with Gasteiger partial charge in [0.1, 0.15) is 11.5 Å². The first-order chi connectivity index (χ1) is 9.40. The zero-order valence-electron chi connectivity index (χ0n) is 10.9. The number of benzene rings is 2. The normalized spacial score (nSPS) is 8.76. The molecule has 0 heterocycles. The molecule has 0 fully saturated rings. The summed E-state index contributed by atoms with van der Waals surface area (Å²) in [6, 6.07) is 10.7. The van der Waals surface area contributed by atoms with Crippen LogP contribution in [0.2, 0.25) is 0 Å². The van der Waals surface area contributed by atoms with Crippen LogP contribution in [-0.4, -0.2) is 32.4 Å². The first kappa shape index (κ1) is 18.6. The number of phenols is 2. The van der Waals surface area contributed by atoms with Gasteiger partial charge in [0.2, 0.25) is 0 Å². The predicted molar refractivity (Wildman–Crippen MR) is 70.1 cm³/mol. The van der Waals surface area contributed by atoms with Gasteiger partial charge in [0.05, 0.1) is 11.1 Å². The van der Waals surface area contributed by atoms with E-state index in [-0.39, 0.29) is 42.1 Å². The van der Waals surface area contributed by atoms with Gasteiger partial charge in [-0.05, 0) is 48.5 Å². The zero-order chi connectivity index (χ0) is 15.1. The average molecular weight is 342 g/mol. The minimum atomic E-state index is -0.986. The fourth-order valence-electron chi connectivity index (χ4n) is 1.21. The van der Waals surface area contributed by atoms with Crippen LogP contribution in [0.15, 0.2) is 48.5 Å². The molecule has 2 aromatic rings. The van der Waals surface area contributed by atoms with E-state index in [4.69, 9.17) is 20.4 Å². The van der Waals surface area contributed by atoms with Crippen molar-refractivity contribution in [1.82, 2.24) is 0 Å². The first-order valence-electron chi connectivity index (χ1n) is 5.45. The van der Waals surface area contributed by atoms with Crippen LogP contribution in [0.5, 0.6) is 11.5 Å². The molecule has 7 heteroatoms. The van der Waals surface area contributed by atoms with E-state index in [0.29, 0.717) is 0 Å². The van der Waals surface area contributed by atoms with Crippen LogP contribution in [0.3, 0.4) is 0 Å². The van der Waals surface area contributed by atoms with E-state index in [1.807, 2.05) is 0 Å². The molecule has 0 atom stereocenters. The molecule has 21 heavy (non-hydrogen) atoms. The van der Waals surface area contributed by atoms with Gasteiger partial charge < -0.3 is 20.4 Å². The van der Waals surface area contributed by atoms with E-state index in [9.17, 15) is 9.59 Å². The number of aromatic carboxylic acids is 2. The van der Waals surface area contributed by atoms with Gasteiger partial charge in [-0.2, -0.15) is 0 Å². The largest absolute Gasteiger partial charge is 0.508 e. The number of phenolic OH excluding ortho intramolecular Hbond substituents is 2. The van der Waals surface area contributed by atoms with Gasteiger partial charge in [-0.3, -0.25) is 0 Å². The molecule has 0 aliphatic heterocycles. The van der Waals surface area contributed by atoms with Crippen molar-refractivity contribution < 1.29 is 49.5 Å². The van der Waals surface area contributed by atoms with Crippen molar-refractivity contribution >= 4 is 11.9 Å². The standard InChI is InChI=1S/2C7H6O3.Zn/c2*8-6-3-1-5(2-4-6)7(9)10;/h2*1-4,8H,(H,9,10);. The Bertz CT molecular complexity index is 536. The van der Waals surface area contributed by atoms with E-state index in [2.05, 4.69) is 0 Å². The second-order valence-electron chi connectivity index (χ2n) is 3.70. The fourth-order valence-corrected chi connectivity index (χ4v) is 1.21. The Morgan fingerprint density at radius 1 is 0.619 bits per heavy atom. The molecule has 0 saturated carbocycles. The van der Waals surface area contributed by atoms with E-state index in [1.165, 1.54) is 48.5 Å². The fraction of sp³-hybridized carbons (Fsp3) is 0. The van der Waals surface area contributed by atoms with Gasteiger partial charge in [0.15, 0.2) is 0 Å². The number of hydrogen-bond donors (Lipinski definition) is 4. The van der Waals surface area contributed by atoms with E-state index in [1.54, 1.807) is 0 Å². The Kier molecular flexibility index (Phi) is 7.72. The van der Waals surface area contributed by atoms with E-state index < -0.39 is 11.9 Å². The Hall–Kier alpha value is -2.40. The van der Waals surface area contributed by atoms with E-state index in [0.717, 1.165) is 0 Å². The Labute approximate surface area is 133 Å². The molecule has 6 nitrogen and oxygen atoms in total. The van der Waals surface area contributed by atoms with Gasteiger partial charge in [0, 0.05) is 19.5 Å². The maximum atomic E-state index is 10.2. The third-order valence-electron chi connectivity index (χ3n) is 2.23. The smallest absolute Gasteiger partial charge is 0.335 e. The third-order valence-corrected chi connectivity index (χ3v) is 2.23. The van der Waals surface area contributed by atoms with Gasteiger partial charge >= 0.3 is 11.9 Å². The molecule has 0 saturated heterocycles. The second kappa shape index (κ2) is 8.71. The zero-order valence-corrected chi connectivity index (χ0v) is 13.9. The summed E-state index contributed by atoms with van der Waals surface area (Å²) in [6.07, 6.45) is 0. The van der Waals surface area contributed by atoms with Crippen LogP contribution in [0.4, 0.5) is 0 Å². The first-order valence-corrected chi connectivity index (χ1v) is 5.45. The van der Waals surface area contributed by atoms with Crippen molar-refractivity contribution in [2.45, 2.75) is 0 Å². The minimum Gasteiger partial charge on any atom is -0.508 e. The van der Waals surface area contributed by atoms with Crippen molar-refractivity contribution in [3.8, 4) is 11.5 Å². The van der Waals surface area contributed by atoms with Crippen molar-refractivity contribution in [3.63, 3.8) is 0 Å². The van der Waals surface area contributed by atoms with Gasteiger partial charge in [-0.1, -0.05) is 0 Å². The summed E-state index contributed by atoms with van der Waals surface area (Å²) in [6.45, 7) is 0. The molecule has 4 N–H and O–H groups in total. The van der Waals surface area contributed by atoms with Crippen LogP contribution in [0, 0.1) is 0 Å². The van der Waals surface area contributed by atoms with Gasteiger partial charge in [0.25, 0.3) is 0 Å². The van der Waals surface area contributed by atoms with Crippen LogP contribution in [-0.2, 0) is 19.5 Å². The van der Waals surface area contributed by atoms with Gasteiger partial charge in [-0.15, -0.1) is 0 Å². The van der Waals surface area contributed by atoms with Gasteiger partial charge in [-0.25, -0.2) is 9.59 Å². The van der Waals surface area contributed by atoms with Crippen molar-refractivity contribution in [1.29, 1.82) is 0 Å². The Balaban J connectivity index is 0.000000364. The molecule has 0 radical (unpaired) electrons. The number of carboxylic acid groups (broad SMARTS) is 2. The summed E-state index contributed by atoms with van der Waals surface area (Å²) in [5.41, 5.74) is 0.357. The predicted octanol–water partition coefficient (Wildman–Crippen LogP) is 2.18. The molecular formula is C14H12O6Zn. The second-order valence-corrected chi connectivity index (χ2v) is 3.70. The van der Waals surface area contributed by atoms with Crippen molar-refractivity contribution in [3.05, 3.63) is 59.7 Å². The molecule has 0 aliphatic rings. The molecule has 0 unspecified atom stereocenters. The molecule has 0 spiro atoms. The van der Waals surface area contributed by atoms with Crippen molar-refractivity contribution in [2.24, 2.45) is 0 Å². The number of carbonyl (C=O) groups is 2. The minimum absolute atomic E-state index is 0. The maximum absolute atomic E-state index is 10.2. The summed E-state index contributed by atoms with van der Waals surface area (Å²) < 4.78 is 0. The molecule has 0 bridgehead atoms. The molecule has 0 aliphatic carbocycles. The third kappa shape index (κ3) is 6.54. The number of carboxylic acids is 2. The number of rotatable bonds is 2. The Morgan fingerprint density at radius 2 is 0.857 bits per heavy atom. The van der Waals surface area contributed by atoms with Crippen LogP contribution in [0.1, 0.15) is 20.7 Å². The number of hydrogen-bond acceptors (Lipinski definition) is 4.